The van der Waals surface area contributed by atoms with E-state index in [4.69, 9.17) is 14.2 Å². The summed E-state index contributed by atoms with van der Waals surface area (Å²) in [5.41, 5.74) is 3.61. The molecule has 2 atom stereocenters. The van der Waals surface area contributed by atoms with Gasteiger partial charge in [0.05, 0.1) is 31.2 Å². The van der Waals surface area contributed by atoms with E-state index < -0.39 is 35.4 Å². The molecular weight excluding hydrogens is 571 g/mol. The first-order chi connectivity index (χ1) is 20.5. The van der Waals surface area contributed by atoms with Gasteiger partial charge < -0.3 is 14.2 Å². The number of methoxy groups -OCH3 is 2. The Hall–Kier alpha value is -3.49. The summed E-state index contributed by atoms with van der Waals surface area (Å²) >= 11 is 0. The van der Waals surface area contributed by atoms with Crippen molar-refractivity contribution in [1.82, 2.24) is 4.90 Å². The van der Waals surface area contributed by atoms with Crippen LogP contribution in [0.1, 0.15) is 94.2 Å². The number of carbonyl (C=O) groups excluding carboxylic acids is 2. The van der Waals surface area contributed by atoms with Crippen molar-refractivity contribution in [2.24, 2.45) is 10.8 Å². The zero-order valence-corrected chi connectivity index (χ0v) is 27.0. The lowest BCUT2D eigenvalue weighted by atomic mass is 9.72. The Labute approximate surface area is 258 Å². The van der Waals surface area contributed by atoms with Gasteiger partial charge in [-0.2, -0.15) is 13.2 Å². The van der Waals surface area contributed by atoms with Crippen molar-refractivity contribution < 1.29 is 37.0 Å². The number of hydrogen-bond acceptors (Lipinski definition) is 5. The highest BCUT2D eigenvalue weighted by Gasteiger charge is 2.42. The van der Waals surface area contributed by atoms with Crippen molar-refractivity contribution >= 4 is 17.6 Å². The van der Waals surface area contributed by atoms with Crippen molar-refractivity contribution in [2.75, 3.05) is 20.8 Å². The van der Waals surface area contributed by atoms with Gasteiger partial charge in [0, 0.05) is 12.1 Å². The zero-order chi connectivity index (χ0) is 32.6. The van der Waals surface area contributed by atoms with Crippen LogP contribution in [0.4, 0.5) is 18.0 Å². The van der Waals surface area contributed by atoms with E-state index in [1.54, 1.807) is 25.0 Å². The number of cyclic esters (lactones) is 1. The number of esters is 1. The lowest BCUT2D eigenvalue weighted by molar-refractivity contribution is -0.151. The summed E-state index contributed by atoms with van der Waals surface area (Å²) in [6, 6.07) is 9.42. The van der Waals surface area contributed by atoms with Crippen molar-refractivity contribution in [3.8, 4) is 5.75 Å². The van der Waals surface area contributed by atoms with E-state index in [9.17, 15) is 22.8 Å². The maximum absolute atomic E-state index is 13.6. The number of carbonyl (C=O) groups is 2. The molecule has 1 fully saturated rings. The van der Waals surface area contributed by atoms with Crippen LogP contribution < -0.4 is 4.74 Å². The molecule has 6 nitrogen and oxygen atoms in total. The molecule has 1 aliphatic carbocycles. The third-order valence-electron chi connectivity index (χ3n) is 9.04. The highest BCUT2D eigenvalue weighted by molar-refractivity contribution is 5.77. The molecule has 0 aromatic heterocycles. The maximum atomic E-state index is 13.6. The van der Waals surface area contributed by atoms with Gasteiger partial charge in [-0.15, -0.1) is 0 Å². The standard InChI is InChI=1S/C35H44F3NO5/c1-21-15-24(18-26(16-21)35(36,37)38)30-22(2)39(32(41)44-30)20-25-19-33(3,4)13-12-27(25)28-17-23(9-10-29(28)42-7)11-14-34(5,6)31(40)43-8/h9-10,15-18,22,30H,11-14,19-20H2,1-8H3/t22-,30-/m0/s1. The monoisotopic (exact) mass is 615 g/mol. The molecule has 1 saturated heterocycles. The Morgan fingerprint density at radius 3 is 2.45 bits per heavy atom. The van der Waals surface area contributed by atoms with Crippen LogP contribution in [0.2, 0.25) is 0 Å². The van der Waals surface area contributed by atoms with Gasteiger partial charge in [-0.1, -0.05) is 31.5 Å². The van der Waals surface area contributed by atoms with Crippen LogP contribution >= 0.6 is 0 Å². The Bertz CT molecular complexity index is 1440. The number of hydrogen-bond donors (Lipinski definition) is 0. The molecule has 0 N–H and O–H groups in total. The van der Waals surface area contributed by atoms with E-state index in [1.807, 2.05) is 32.9 Å². The van der Waals surface area contributed by atoms with Crippen LogP contribution in [0, 0.1) is 17.8 Å². The molecule has 2 aliphatic rings. The molecule has 0 spiro atoms. The predicted octanol–water partition coefficient (Wildman–Crippen LogP) is 8.70. The van der Waals surface area contributed by atoms with Gasteiger partial charge in [0.2, 0.25) is 0 Å². The molecule has 1 heterocycles. The minimum atomic E-state index is -4.50. The van der Waals surface area contributed by atoms with Crippen LogP contribution in [-0.4, -0.2) is 43.8 Å². The second-order valence-electron chi connectivity index (χ2n) is 13.6. The molecule has 1 aliphatic heterocycles. The summed E-state index contributed by atoms with van der Waals surface area (Å²) in [5, 5.41) is 0. The average Bonchev–Trinajstić information content (AvgIpc) is 3.23. The van der Waals surface area contributed by atoms with Crippen LogP contribution in [0.5, 0.6) is 5.75 Å². The van der Waals surface area contributed by atoms with Crippen molar-refractivity contribution in [3.05, 3.63) is 69.8 Å². The SMILES string of the molecule is COC(=O)C(C)(C)CCc1ccc(OC)c(C2=C(CN3C(=O)O[C@H](c4cc(C)cc(C(F)(F)F)c4)[C@@H]3C)CC(C)(C)CC2)c1. The number of ether oxygens (including phenoxy) is 3. The molecule has 0 saturated carbocycles. The Kier molecular flexibility index (Phi) is 9.48. The van der Waals surface area contributed by atoms with Crippen LogP contribution in [0.3, 0.4) is 0 Å². The number of benzene rings is 2. The summed E-state index contributed by atoms with van der Waals surface area (Å²) < 4.78 is 57.2. The van der Waals surface area contributed by atoms with Crippen LogP contribution in [-0.2, 0) is 26.9 Å². The summed E-state index contributed by atoms with van der Waals surface area (Å²) in [6.07, 6.45) is -2.11. The smallest absolute Gasteiger partial charge is 0.416 e. The van der Waals surface area contributed by atoms with E-state index in [0.717, 1.165) is 59.4 Å². The second-order valence-corrected chi connectivity index (χ2v) is 13.6. The molecule has 0 radical (unpaired) electrons. The first-order valence-electron chi connectivity index (χ1n) is 15.1. The normalized spacial score (nSPS) is 20.5. The van der Waals surface area contributed by atoms with Crippen molar-refractivity contribution in [3.63, 3.8) is 0 Å². The van der Waals surface area contributed by atoms with Crippen molar-refractivity contribution in [1.29, 1.82) is 0 Å². The lowest BCUT2D eigenvalue weighted by Gasteiger charge is -2.36. The van der Waals surface area contributed by atoms with E-state index in [-0.39, 0.29) is 11.4 Å². The van der Waals surface area contributed by atoms with Gasteiger partial charge in [-0.3, -0.25) is 9.69 Å². The van der Waals surface area contributed by atoms with Gasteiger partial charge >= 0.3 is 18.2 Å². The maximum Gasteiger partial charge on any atom is 0.416 e. The molecule has 240 valence electrons. The second kappa shape index (κ2) is 12.5. The quantitative estimate of drug-likeness (QED) is 0.264. The number of amides is 1. The summed E-state index contributed by atoms with van der Waals surface area (Å²) in [4.78, 5) is 27.1. The first kappa shape index (κ1) is 33.4. The molecule has 4 rings (SSSR count). The fraction of sp³-hybridized carbons (Fsp3) is 0.543. The van der Waals surface area contributed by atoms with Crippen molar-refractivity contribution in [2.45, 2.75) is 92.0 Å². The van der Waals surface area contributed by atoms with Gasteiger partial charge in [-0.05, 0) is 112 Å². The molecular formula is C35H44F3NO5. The predicted molar refractivity (Wildman–Crippen MR) is 163 cm³/mol. The summed E-state index contributed by atoms with van der Waals surface area (Å²) in [7, 11) is 3.03. The summed E-state index contributed by atoms with van der Waals surface area (Å²) in [5.74, 6) is 0.471. The van der Waals surface area contributed by atoms with Gasteiger partial charge in [0.1, 0.15) is 11.9 Å². The number of halogens is 3. The minimum absolute atomic E-state index is 0.00135. The van der Waals surface area contributed by atoms with E-state index in [1.165, 1.54) is 7.11 Å². The Balaban J connectivity index is 1.68. The molecule has 0 unspecified atom stereocenters. The van der Waals surface area contributed by atoms with E-state index >= 15 is 0 Å². The molecule has 2 aromatic rings. The van der Waals surface area contributed by atoms with Gasteiger partial charge in [0.25, 0.3) is 0 Å². The first-order valence-corrected chi connectivity index (χ1v) is 15.1. The topological polar surface area (TPSA) is 65.1 Å². The largest absolute Gasteiger partial charge is 0.496 e. The molecule has 2 aromatic carbocycles. The fourth-order valence-corrected chi connectivity index (χ4v) is 6.38. The van der Waals surface area contributed by atoms with Crippen LogP contribution in [0.15, 0.2) is 42.0 Å². The average molecular weight is 616 g/mol. The van der Waals surface area contributed by atoms with Gasteiger partial charge in [-0.25, -0.2) is 4.79 Å². The number of allylic oxidation sites excluding steroid dienone is 1. The lowest BCUT2D eigenvalue weighted by Crippen LogP contribution is -2.35. The minimum Gasteiger partial charge on any atom is -0.496 e. The molecule has 1 amide bonds. The number of rotatable bonds is 9. The van der Waals surface area contributed by atoms with Crippen LogP contribution in [0.25, 0.3) is 5.57 Å². The van der Waals surface area contributed by atoms with Gasteiger partial charge in [0.15, 0.2) is 0 Å². The van der Waals surface area contributed by atoms with E-state index in [0.29, 0.717) is 30.5 Å². The molecule has 9 heteroatoms. The highest BCUT2D eigenvalue weighted by Crippen LogP contribution is 2.46. The highest BCUT2D eigenvalue weighted by atomic mass is 19.4. The third kappa shape index (κ3) is 7.24. The summed E-state index contributed by atoms with van der Waals surface area (Å²) in [6.45, 7) is 11.9. The third-order valence-corrected chi connectivity index (χ3v) is 9.04. The molecule has 0 bridgehead atoms. The fourth-order valence-electron chi connectivity index (χ4n) is 6.38. The zero-order valence-electron chi connectivity index (χ0n) is 27.0. The van der Waals surface area contributed by atoms with E-state index in [2.05, 4.69) is 19.9 Å². The molecule has 44 heavy (non-hydrogen) atoms. The Morgan fingerprint density at radius 1 is 1.11 bits per heavy atom. The number of alkyl halides is 3. The number of nitrogens with zero attached hydrogens (tertiary/aromatic N) is 1. The number of aryl methyl sites for hydroxylation is 2. The Morgan fingerprint density at radius 2 is 1.82 bits per heavy atom.